The Morgan fingerprint density at radius 3 is 1.83 bits per heavy atom. The van der Waals surface area contributed by atoms with Crippen molar-refractivity contribution in [2.45, 2.75) is 61.4 Å². The van der Waals surface area contributed by atoms with Crippen LogP contribution < -0.4 is 14.2 Å². The van der Waals surface area contributed by atoms with Crippen molar-refractivity contribution in [2.75, 3.05) is 13.2 Å². The fraction of sp³-hybridized carbons (Fsp3) is 0.444. The van der Waals surface area contributed by atoms with E-state index in [0.717, 1.165) is 6.07 Å². The zero-order valence-electron chi connectivity index (χ0n) is 21.7. The smallest absolute Gasteiger partial charge is 0.235 e. The number of benzene rings is 2. The van der Waals surface area contributed by atoms with Crippen LogP contribution in [0.1, 0.15) is 15.9 Å². The zero-order chi connectivity index (χ0) is 30.3. The number of hydrogen-bond donors (Lipinski definition) is 9. The summed E-state index contributed by atoms with van der Waals surface area (Å²) in [5.74, 6) is -1.39. The maximum Gasteiger partial charge on any atom is 0.235 e. The van der Waals surface area contributed by atoms with Crippen molar-refractivity contribution in [2.24, 2.45) is 0 Å². The molecule has 2 saturated heterocycles. The van der Waals surface area contributed by atoms with Crippen molar-refractivity contribution in [1.29, 1.82) is 0 Å². The maximum absolute atomic E-state index is 13.4. The molecule has 0 radical (unpaired) electrons. The van der Waals surface area contributed by atoms with Gasteiger partial charge in [0.15, 0.2) is 5.76 Å². The minimum Gasteiger partial charge on any atom is -0.508 e. The first-order chi connectivity index (χ1) is 20.0. The van der Waals surface area contributed by atoms with Crippen LogP contribution in [0.2, 0.25) is 0 Å². The van der Waals surface area contributed by atoms with Gasteiger partial charge in [0.25, 0.3) is 0 Å². The van der Waals surface area contributed by atoms with Crippen molar-refractivity contribution in [3.63, 3.8) is 0 Å². The van der Waals surface area contributed by atoms with Crippen LogP contribution in [0.5, 0.6) is 23.0 Å². The molecule has 9 N–H and O–H groups in total. The summed E-state index contributed by atoms with van der Waals surface area (Å²) >= 11 is 0. The lowest BCUT2D eigenvalue weighted by Gasteiger charge is -2.40. The predicted octanol–water partition coefficient (Wildman–Crippen LogP) is -2.63. The molecule has 10 atom stereocenters. The lowest BCUT2D eigenvalue weighted by molar-refractivity contribution is -0.278. The number of Topliss-reactive ketones (excluding diaryl/α,β-unsaturated/α-hetero) is 1. The highest BCUT2D eigenvalue weighted by Crippen LogP contribution is 2.43. The molecular weight excluding hydrogens is 564 g/mol. The molecule has 3 aliphatic heterocycles. The average molecular weight is 595 g/mol. The number of phenols is 1. The highest BCUT2D eigenvalue weighted by atomic mass is 16.7. The van der Waals surface area contributed by atoms with E-state index in [9.17, 15) is 50.8 Å². The molecule has 2 fully saturated rings. The van der Waals surface area contributed by atoms with Gasteiger partial charge in [0.1, 0.15) is 77.4 Å². The summed E-state index contributed by atoms with van der Waals surface area (Å²) < 4.78 is 28.0. The fourth-order valence-corrected chi connectivity index (χ4v) is 4.72. The number of allylic oxidation sites excluding steroid dienone is 1. The quantitative estimate of drug-likeness (QED) is 0.149. The van der Waals surface area contributed by atoms with Gasteiger partial charge in [-0.1, -0.05) is 12.1 Å². The number of carbonyl (C=O) groups excluding carboxylic acids is 1. The van der Waals surface area contributed by atoms with E-state index in [2.05, 4.69) is 0 Å². The van der Waals surface area contributed by atoms with E-state index in [1.165, 1.54) is 36.4 Å². The Balaban J connectivity index is 1.50. The molecule has 3 heterocycles. The standard InChI is InChI=1S/C27H30O15/c28-8-16-20(32)22(34)24(36)26(41-16)38-12-6-13-18(19(31)15(39-13)5-10-1-3-11(30)4-2-10)14(7-12)40-27-25(37)23(35)21(33)17(9-29)42-27/h1-7,16-17,20-30,32-37H,8-9H2/b15-5-/t16-,17-,20-,21-,22+,23+,24-,25-,26-,27-/m1/s1. The van der Waals surface area contributed by atoms with Crippen molar-refractivity contribution in [3.8, 4) is 23.0 Å². The van der Waals surface area contributed by atoms with Crippen molar-refractivity contribution >= 4 is 11.9 Å². The monoisotopic (exact) mass is 594 g/mol. The molecular formula is C27H30O15. The molecule has 5 rings (SSSR count). The zero-order valence-corrected chi connectivity index (χ0v) is 21.7. The van der Waals surface area contributed by atoms with E-state index in [0.29, 0.717) is 5.56 Å². The lowest BCUT2D eigenvalue weighted by atomic mass is 9.99. The van der Waals surface area contributed by atoms with Gasteiger partial charge in [-0.05, 0) is 23.8 Å². The SMILES string of the molecule is O=C1/C(=C/c2ccc(O)cc2)Oc2cc(O[C@@H]3O[C@H](CO)[C@@H](O)[C@H](O)[C@H]3O)cc(O[C@@H]3O[C@H](CO)[C@@H](O)[C@H](O)[C@H]3O)c21. The Morgan fingerprint density at radius 1 is 0.738 bits per heavy atom. The fourth-order valence-electron chi connectivity index (χ4n) is 4.72. The molecule has 15 nitrogen and oxygen atoms in total. The van der Waals surface area contributed by atoms with Crippen LogP contribution in [0, 0.1) is 0 Å². The summed E-state index contributed by atoms with van der Waals surface area (Å²) in [5.41, 5.74) is 0.344. The predicted molar refractivity (Wildman–Crippen MR) is 136 cm³/mol. The summed E-state index contributed by atoms with van der Waals surface area (Å²) in [6.07, 6.45) is -14.9. The molecule has 0 saturated carbocycles. The van der Waals surface area contributed by atoms with Gasteiger partial charge in [-0.15, -0.1) is 0 Å². The first kappa shape index (κ1) is 30.1. The number of rotatable bonds is 7. The number of aromatic hydroxyl groups is 1. The molecule has 228 valence electrons. The van der Waals surface area contributed by atoms with Crippen LogP contribution in [-0.4, -0.2) is 126 Å². The lowest BCUT2D eigenvalue weighted by Crippen LogP contribution is -2.60. The Bertz CT molecular complexity index is 1310. The molecule has 15 heteroatoms. The van der Waals surface area contributed by atoms with Crippen LogP contribution in [0.4, 0.5) is 0 Å². The number of ether oxygens (including phenoxy) is 5. The van der Waals surface area contributed by atoms with E-state index in [4.69, 9.17) is 23.7 Å². The van der Waals surface area contributed by atoms with Gasteiger partial charge in [-0.2, -0.15) is 0 Å². The first-order valence-corrected chi connectivity index (χ1v) is 12.9. The van der Waals surface area contributed by atoms with E-state index >= 15 is 0 Å². The molecule has 0 spiro atoms. The third kappa shape index (κ3) is 5.67. The Kier molecular flexibility index (Phi) is 8.68. The second-order valence-electron chi connectivity index (χ2n) is 9.96. The number of fused-ring (bicyclic) bond motifs is 1. The summed E-state index contributed by atoms with van der Waals surface area (Å²) in [7, 11) is 0. The van der Waals surface area contributed by atoms with Crippen molar-refractivity contribution in [3.05, 3.63) is 53.3 Å². The van der Waals surface area contributed by atoms with Gasteiger partial charge in [-0.3, -0.25) is 4.79 Å². The Labute approximate surface area is 237 Å². The van der Waals surface area contributed by atoms with Crippen LogP contribution in [0.15, 0.2) is 42.2 Å². The second-order valence-corrected chi connectivity index (χ2v) is 9.96. The molecule has 3 aliphatic rings. The van der Waals surface area contributed by atoms with E-state index in [1.807, 2.05) is 0 Å². The highest BCUT2D eigenvalue weighted by molar-refractivity contribution is 6.16. The molecule has 0 aromatic heterocycles. The normalized spacial score (nSPS) is 35.5. The highest BCUT2D eigenvalue weighted by Gasteiger charge is 2.47. The molecule has 42 heavy (non-hydrogen) atoms. The van der Waals surface area contributed by atoms with Gasteiger partial charge < -0.3 is 69.6 Å². The third-order valence-corrected chi connectivity index (χ3v) is 7.09. The minimum atomic E-state index is -1.82. The number of carbonyl (C=O) groups is 1. The molecule has 2 aromatic carbocycles. The Hall–Kier alpha value is -3.35. The number of aliphatic hydroxyl groups excluding tert-OH is 8. The van der Waals surface area contributed by atoms with Crippen molar-refractivity contribution in [1.82, 2.24) is 0 Å². The second kappa shape index (κ2) is 12.1. The number of aliphatic hydroxyl groups is 8. The topological polar surface area (TPSA) is 245 Å². The Morgan fingerprint density at radius 2 is 1.29 bits per heavy atom. The van der Waals surface area contributed by atoms with E-state index in [-0.39, 0.29) is 34.3 Å². The summed E-state index contributed by atoms with van der Waals surface area (Å²) in [4.78, 5) is 13.4. The number of hydrogen-bond acceptors (Lipinski definition) is 15. The summed E-state index contributed by atoms with van der Waals surface area (Å²) in [5, 5.41) is 89.9. The number of ketones is 1. The van der Waals surface area contributed by atoms with Crippen molar-refractivity contribution < 1.29 is 74.4 Å². The van der Waals surface area contributed by atoms with Gasteiger partial charge in [0, 0.05) is 12.1 Å². The average Bonchev–Trinajstić information content (AvgIpc) is 3.29. The van der Waals surface area contributed by atoms with Crippen LogP contribution >= 0.6 is 0 Å². The molecule has 2 aromatic rings. The van der Waals surface area contributed by atoms with Crippen LogP contribution in [-0.2, 0) is 9.47 Å². The molecule has 0 amide bonds. The molecule has 0 aliphatic carbocycles. The first-order valence-electron chi connectivity index (χ1n) is 12.9. The number of phenolic OH excluding ortho intramolecular Hbond substituents is 1. The molecule has 0 unspecified atom stereocenters. The van der Waals surface area contributed by atoms with E-state index < -0.39 is 80.4 Å². The van der Waals surface area contributed by atoms with Gasteiger partial charge in [0.05, 0.1) is 13.2 Å². The minimum absolute atomic E-state index is 0.00398. The van der Waals surface area contributed by atoms with Gasteiger partial charge in [0.2, 0.25) is 18.4 Å². The largest absolute Gasteiger partial charge is 0.508 e. The third-order valence-electron chi connectivity index (χ3n) is 7.09. The van der Waals surface area contributed by atoms with Crippen LogP contribution in [0.25, 0.3) is 6.08 Å². The molecule has 0 bridgehead atoms. The van der Waals surface area contributed by atoms with Gasteiger partial charge in [-0.25, -0.2) is 0 Å². The van der Waals surface area contributed by atoms with Gasteiger partial charge >= 0.3 is 0 Å². The van der Waals surface area contributed by atoms with Crippen LogP contribution in [0.3, 0.4) is 0 Å². The van der Waals surface area contributed by atoms with E-state index in [1.54, 1.807) is 0 Å². The summed E-state index contributed by atoms with van der Waals surface area (Å²) in [6, 6.07) is 8.25. The summed E-state index contributed by atoms with van der Waals surface area (Å²) in [6.45, 7) is -1.44. The maximum atomic E-state index is 13.4.